The van der Waals surface area contributed by atoms with Crippen LogP contribution in [-0.4, -0.2) is 18.0 Å². The fraction of sp³-hybridized carbons (Fsp3) is 0.333. The Labute approximate surface area is 115 Å². The molecule has 3 rings (SSSR count). The van der Waals surface area contributed by atoms with Crippen LogP contribution in [0.1, 0.15) is 29.6 Å². The standard InChI is InChI=1S/C15H16N2O3/c16-11-5-3-6-12(11)17-14(18)10-8-9-4-1-2-7-13(9)20-15(10)19/h1-2,4,7-8,11-12H,3,5-6,16H2,(H,17,18). The molecule has 2 unspecified atom stereocenters. The van der Waals surface area contributed by atoms with Crippen LogP contribution < -0.4 is 16.7 Å². The fourth-order valence-corrected chi connectivity index (χ4v) is 2.63. The molecule has 1 aromatic heterocycles. The zero-order valence-electron chi connectivity index (χ0n) is 11.0. The summed E-state index contributed by atoms with van der Waals surface area (Å²) in [5.74, 6) is -0.410. The normalized spacial score (nSPS) is 22.1. The van der Waals surface area contributed by atoms with Gasteiger partial charge in [0.05, 0.1) is 0 Å². The summed E-state index contributed by atoms with van der Waals surface area (Å²) in [5, 5.41) is 3.56. The number of carbonyl (C=O) groups excluding carboxylic acids is 1. The van der Waals surface area contributed by atoms with Gasteiger partial charge in [-0.2, -0.15) is 0 Å². The van der Waals surface area contributed by atoms with Gasteiger partial charge in [-0.15, -0.1) is 0 Å². The van der Waals surface area contributed by atoms with Crippen LogP contribution in [0, 0.1) is 0 Å². The summed E-state index contributed by atoms with van der Waals surface area (Å²) < 4.78 is 5.16. The second-order valence-electron chi connectivity index (χ2n) is 5.16. The van der Waals surface area contributed by atoms with Crippen LogP contribution >= 0.6 is 0 Å². The summed E-state index contributed by atoms with van der Waals surface area (Å²) in [7, 11) is 0. The van der Waals surface area contributed by atoms with E-state index in [9.17, 15) is 9.59 Å². The number of hydrogen-bond donors (Lipinski definition) is 2. The maximum atomic E-state index is 12.2. The van der Waals surface area contributed by atoms with Crippen LogP contribution in [0.2, 0.25) is 0 Å². The molecule has 20 heavy (non-hydrogen) atoms. The van der Waals surface area contributed by atoms with Gasteiger partial charge in [0.1, 0.15) is 11.1 Å². The highest BCUT2D eigenvalue weighted by molar-refractivity contribution is 5.96. The first-order chi connectivity index (χ1) is 9.65. The molecule has 104 valence electrons. The van der Waals surface area contributed by atoms with Gasteiger partial charge in [-0.3, -0.25) is 4.79 Å². The number of hydrogen-bond acceptors (Lipinski definition) is 4. The average molecular weight is 272 g/mol. The molecule has 0 spiro atoms. The van der Waals surface area contributed by atoms with E-state index in [-0.39, 0.29) is 17.6 Å². The highest BCUT2D eigenvalue weighted by Crippen LogP contribution is 2.18. The Morgan fingerprint density at radius 3 is 2.85 bits per heavy atom. The zero-order chi connectivity index (χ0) is 14.1. The summed E-state index contributed by atoms with van der Waals surface area (Å²) in [5.41, 5.74) is 5.81. The number of amides is 1. The van der Waals surface area contributed by atoms with E-state index in [4.69, 9.17) is 10.2 Å². The Morgan fingerprint density at radius 2 is 2.10 bits per heavy atom. The molecule has 2 aromatic rings. The van der Waals surface area contributed by atoms with E-state index in [0.29, 0.717) is 5.58 Å². The quantitative estimate of drug-likeness (QED) is 0.809. The molecular formula is C15H16N2O3. The lowest BCUT2D eigenvalue weighted by Gasteiger charge is -2.16. The first-order valence-corrected chi connectivity index (χ1v) is 6.74. The summed E-state index contributed by atoms with van der Waals surface area (Å²) in [6.07, 6.45) is 2.75. The lowest BCUT2D eigenvalue weighted by molar-refractivity contribution is 0.0931. The maximum absolute atomic E-state index is 12.2. The van der Waals surface area contributed by atoms with Crippen molar-refractivity contribution in [3.63, 3.8) is 0 Å². The van der Waals surface area contributed by atoms with Gasteiger partial charge >= 0.3 is 5.63 Å². The SMILES string of the molecule is NC1CCCC1NC(=O)c1cc2ccccc2oc1=O. The number of fused-ring (bicyclic) bond motifs is 1. The maximum Gasteiger partial charge on any atom is 0.349 e. The number of carbonyl (C=O) groups is 1. The van der Waals surface area contributed by atoms with Crippen LogP contribution in [0.3, 0.4) is 0 Å². The van der Waals surface area contributed by atoms with Crippen molar-refractivity contribution in [2.45, 2.75) is 31.3 Å². The van der Waals surface area contributed by atoms with Gasteiger partial charge in [0.2, 0.25) is 0 Å². The highest BCUT2D eigenvalue weighted by Gasteiger charge is 2.26. The molecule has 0 bridgehead atoms. The molecule has 1 aromatic carbocycles. The van der Waals surface area contributed by atoms with Crippen molar-refractivity contribution < 1.29 is 9.21 Å². The van der Waals surface area contributed by atoms with Gasteiger partial charge in [0, 0.05) is 17.5 Å². The van der Waals surface area contributed by atoms with E-state index >= 15 is 0 Å². The van der Waals surface area contributed by atoms with Crippen LogP contribution in [0.15, 0.2) is 39.5 Å². The smallest absolute Gasteiger partial charge is 0.349 e. The van der Waals surface area contributed by atoms with Crippen LogP contribution in [0.4, 0.5) is 0 Å². The molecule has 3 N–H and O–H groups in total. The Hall–Kier alpha value is -2.14. The topological polar surface area (TPSA) is 85.3 Å². The van der Waals surface area contributed by atoms with Crippen molar-refractivity contribution in [1.29, 1.82) is 0 Å². The molecule has 1 heterocycles. The Kier molecular flexibility index (Phi) is 3.28. The van der Waals surface area contributed by atoms with Crippen molar-refractivity contribution in [3.8, 4) is 0 Å². The first kappa shape index (κ1) is 12.9. The zero-order valence-corrected chi connectivity index (χ0v) is 11.0. The van der Waals surface area contributed by atoms with Gasteiger partial charge < -0.3 is 15.5 Å². The molecular weight excluding hydrogens is 256 g/mol. The van der Waals surface area contributed by atoms with Crippen molar-refractivity contribution in [2.24, 2.45) is 5.73 Å². The molecule has 0 saturated heterocycles. The number of nitrogens with one attached hydrogen (secondary N) is 1. The van der Waals surface area contributed by atoms with Gasteiger partial charge in [-0.1, -0.05) is 18.2 Å². The Bertz CT molecular complexity index is 708. The molecule has 0 radical (unpaired) electrons. The van der Waals surface area contributed by atoms with E-state index in [1.165, 1.54) is 0 Å². The van der Waals surface area contributed by atoms with E-state index in [2.05, 4.69) is 5.32 Å². The Balaban J connectivity index is 1.91. The molecule has 1 saturated carbocycles. The van der Waals surface area contributed by atoms with Gasteiger partial charge in [0.15, 0.2) is 0 Å². The van der Waals surface area contributed by atoms with E-state index in [0.717, 1.165) is 24.6 Å². The minimum absolute atomic E-state index is 0.0304. The lowest BCUT2D eigenvalue weighted by Crippen LogP contribution is -2.45. The number of rotatable bonds is 2. The largest absolute Gasteiger partial charge is 0.422 e. The number of para-hydroxylation sites is 1. The predicted molar refractivity (Wildman–Crippen MR) is 75.6 cm³/mol. The molecule has 5 heteroatoms. The third kappa shape index (κ3) is 2.32. The molecule has 1 fully saturated rings. The second-order valence-corrected chi connectivity index (χ2v) is 5.16. The summed E-state index contributed by atoms with van der Waals surface area (Å²) in [6, 6.07) is 8.58. The van der Waals surface area contributed by atoms with E-state index in [1.807, 2.05) is 6.07 Å². The van der Waals surface area contributed by atoms with Gasteiger partial charge in [-0.25, -0.2) is 4.79 Å². The average Bonchev–Trinajstić information content (AvgIpc) is 2.83. The predicted octanol–water partition coefficient (Wildman–Crippen LogP) is 1.40. The van der Waals surface area contributed by atoms with Crippen LogP contribution in [0.5, 0.6) is 0 Å². The first-order valence-electron chi connectivity index (χ1n) is 6.74. The van der Waals surface area contributed by atoms with E-state index < -0.39 is 11.5 Å². The second kappa shape index (κ2) is 5.09. The van der Waals surface area contributed by atoms with Gasteiger partial charge in [-0.05, 0) is 31.4 Å². The molecule has 1 aliphatic rings. The molecule has 1 aliphatic carbocycles. The number of nitrogens with two attached hydrogens (primary N) is 1. The van der Waals surface area contributed by atoms with Crippen molar-refractivity contribution in [2.75, 3.05) is 0 Å². The van der Waals surface area contributed by atoms with Crippen LogP contribution in [0.25, 0.3) is 11.0 Å². The van der Waals surface area contributed by atoms with Gasteiger partial charge in [0.25, 0.3) is 5.91 Å². The third-order valence-corrected chi connectivity index (χ3v) is 3.77. The monoisotopic (exact) mass is 272 g/mol. The third-order valence-electron chi connectivity index (χ3n) is 3.77. The summed E-state index contributed by atoms with van der Waals surface area (Å²) in [6.45, 7) is 0. The lowest BCUT2D eigenvalue weighted by atomic mass is 10.1. The molecule has 2 atom stereocenters. The minimum atomic E-state index is -0.618. The van der Waals surface area contributed by atoms with Crippen molar-refractivity contribution in [3.05, 3.63) is 46.3 Å². The van der Waals surface area contributed by atoms with Crippen molar-refractivity contribution in [1.82, 2.24) is 5.32 Å². The minimum Gasteiger partial charge on any atom is -0.422 e. The number of benzene rings is 1. The Morgan fingerprint density at radius 1 is 1.30 bits per heavy atom. The summed E-state index contributed by atoms with van der Waals surface area (Å²) in [4.78, 5) is 24.1. The fourth-order valence-electron chi connectivity index (χ4n) is 2.63. The van der Waals surface area contributed by atoms with Crippen LogP contribution in [-0.2, 0) is 0 Å². The van der Waals surface area contributed by atoms with E-state index in [1.54, 1.807) is 24.3 Å². The van der Waals surface area contributed by atoms with Crippen molar-refractivity contribution >= 4 is 16.9 Å². The summed E-state index contributed by atoms with van der Waals surface area (Å²) >= 11 is 0. The molecule has 1 amide bonds. The molecule has 5 nitrogen and oxygen atoms in total. The molecule has 0 aliphatic heterocycles. The highest BCUT2D eigenvalue weighted by atomic mass is 16.4.